The number of nitrogens with one attached hydrogen (secondary N) is 1. The molecule has 1 aliphatic heterocycles. The number of methoxy groups -OCH3 is 1. The Labute approximate surface area is 79.2 Å². The van der Waals surface area contributed by atoms with Crippen molar-refractivity contribution in [1.82, 2.24) is 10.4 Å². The van der Waals surface area contributed by atoms with Gasteiger partial charge in [0.05, 0.1) is 7.11 Å². The zero-order chi connectivity index (χ0) is 9.68. The first kappa shape index (κ1) is 10.5. The second-order valence-corrected chi connectivity index (χ2v) is 3.42. The number of hydrogen-bond donors (Lipinski definition) is 1. The molecule has 0 aromatic rings. The molecule has 4 heteroatoms. The highest BCUT2D eigenvalue weighted by atomic mass is 16.5. The van der Waals surface area contributed by atoms with Gasteiger partial charge in [0, 0.05) is 13.1 Å². The van der Waals surface area contributed by atoms with Crippen molar-refractivity contribution in [1.29, 1.82) is 0 Å². The van der Waals surface area contributed by atoms with Crippen molar-refractivity contribution in [3.63, 3.8) is 0 Å². The largest absolute Gasteiger partial charge is 0.468 e. The summed E-state index contributed by atoms with van der Waals surface area (Å²) in [6.45, 7) is 3.88. The third-order valence-electron chi connectivity index (χ3n) is 2.29. The van der Waals surface area contributed by atoms with E-state index in [1.807, 2.05) is 6.92 Å². The fourth-order valence-electron chi connectivity index (χ4n) is 1.53. The Hall–Kier alpha value is -0.610. The lowest BCUT2D eigenvalue weighted by atomic mass is 10.2. The van der Waals surface area contributed by atoms with Crippen LogP contribution in [0, 0.1) is 0 Å². The second kappa shape index (κ2) is 5.19. The lowest BCUT2D eigenvalue weighted by Gasteiger charge is -2.29. The van der Waals surface area contributed by atoms with Crippen LogP contribution < -0.4 is 5.43 Å². The molecular weight excluding hydrogens is 168 g/mol. The van der Waals surface area contributed by atoms with Gasteiger partial charge < -0.3 is 4.74 Å². The van der Waals surface area contributed by atoms with E-state index in [1.165, 1.54) is 26.4 Å². The Kier molecular flexibility index (Phi) is 4.18. The highest BCUT2D eigenvalue weighted by Gasteiger charge is 2.17. The number of hydrogen-bond acceptors (Lipinski definition) is 4. The number of rotatable bonds is 3. The lowest BCUT2D eigenvalue weighted by molar-refractivity contribution is -0.144. The maximum Gasteiger partial charge on any atom is 0.323 e. The highest BCUT2D eigenvalue weighted by Crippen LogP contribution is 2.06. The second-order valence-electron chi connectivity index (χ2n) is 3.42. The number of piperidine rings is 1. The molecular formula is C9H18N2O2. The number of hydrazine groups is 1. The number of ether oxygens (including phenoxy) is 1. The third kappa shape index (κ3) is 3.32. The molecule has 0 aromatic heterocycles. The van der Waals surface area contributed by atoms with Gasteiger partial charge in [-0.05, 0) is 19.8 Å². The fraction of sp³-hybridized carbons (Fsp3) is 0.889. The topological polar surface area (TPSA) is 41.6 Å². The minimum absolute atomic E-state index is 0.203. The highest BCUT2D eigenvalue weighted by molar-refractivity contribution is 5.74. The van der Waals surface area contributed by atoms with Gasteiger partial charge in [0.1, 0.15) is 6.04 Å². The zero-order valence-corrected chi connectivity index (χ0v) is 8.38. The van der Waals surface area contributed by atoms with E-state index in [0.29, 0.717) is 0 Å². The summed E-state index contributed by atoms with van der Waals surface area (Å²) >= 11 is 0. The number of carbonyl (C=O) groups is 1. The molecule has 13 heavy (non-hydrogen) atoms. The summed E-state index contributed by atoms with van der Waals surface area (Å²) in [5, 5.41) is 2.10. The Bertz CT molecular complexity index is 167. The van der Waals surface area contributed by atoms with Gasteiger partial charge in [0.2, 0.25) is 0 Å². The van der Waals surface area contributed by atoms with Crippen LogP contribution in [0.1, 0.15) is 26.2 Å². The van der Waals surface area contributed by atoms with Crippen molar-refractivity contribution < 1.29 is 9.53 Å². The monoisotopic (exact) mass is 186 g/mol. The van der Waals surface area contributed by atoms with Crippen LogP contribution in [0.2, 0.25) is 0 Å². The van der Waals surface area contributed by atoms with Gasteiger partial charge >= 0.3 is 5.97 Å². The average molecular weight is 186 g/mol. The van der Waals surface area contributed by atoms with E-state index in [2.05, 4.69) is 15.2 Å². The molecule has 0 aliphatic carbocycles. The SMILES string of the molecule is COC(=O)[C@H](C)NN1CCCCC1. The van der Waals surface area contributed by atoms with Crippen molar-refractivity contribution in [3.05, 3.63) is 0 Å². The molecule has 0 bridgehead atoms. The molecule has 0 spiro atoms. The predicted molar refractivity (Wildman–Crippen MR) is 50.0 cm³/mol. The molecule has 1 saturated heterocycles. The fourth-order valence-corrected chi connectivity index (χ4v) is 1.53. The first-order valence-electron chi connectivity index (χ1n) is 4.83. The smallest absolute Gasteiger partial charge is 0.323 e. The molecule has 1 heterocycles. The molecule has 4 nitrogen and oxygen atoms in total. The minimum Gasteiger partial charge on any atom is -0.468 e. The van der Waals surface area contributed by atoms with Crippen LogP contribution >= 0.6 is 0 Å². The molecule has 0 unspecified atom stereocenters. The maximum absolute atomic E-state index is 11.1. The van der Waals surface area contributed by atoms with Crippen LogP contribution in [-0.4, -0.2) is 37.2 Å². The third-order valence-corrected chi connectivity index (χ3v) is 2.29. The molecule has 76 valence electrons. The van der Waals surface area contributed by atoms with Crippen LogP contribution in [0.25, 0.3) is 0 Å². The van der Waals surface area contributed by atoms with Crippen molar-refractivity contribution in [2.45, 2.75) is 32.2 Å². The van der Waals surface area contributed by atoms with E-state index < -0.39 is 0 Å². The summed E-state index contributed by atoms with van der Waals surface area (Å²) < 4.78 is 4.63. The van der Waals surface area contributed by atoms with Crippen LogP contribution in [-0.2, 0) is 9.53 Å². The predicted octanol–water partition coefficient (Wildman–Crippen LogP) is 0.538. The normalized spacial score (nSPS) is 21.1. The summed E-state index contributed by atoms with van der Waals surface area (Å²) in [5.41, 5.74) is 3.13. The Morgan fingerprint density at radius 1 is 1.38 bits per heavy atom. The van der Waals surface area contributed by atoms with Crippen molar-refractivity contribution in [2.24, 2.45) is 0 Å². The van der Waals surface area contributed by atoms with Gasteiger partial charge in [-0.2, -0.15) is 0 Å². The zero-order valence-electron chi connectivity index (χ0n) is 8.38. The van der Waals surface area contributed by atoms with Crippen LogP contribution in [0.15, 0.2) is 0 Å². The molecule has 0 radical (unpaired) electrons. The van der Waals surface area contributed by atoms with E-state index in [-0.39, 0.29) is 12.0 Å². The van der Waals surface area contributed by atoms with Gasteiger partial charge in [-0.1, -0.05) is 6.42 Å². The molecule has 0 saturated carbocycles. The summed E-state index contributed by atoms with van der Waals surface area (Å²) in [5.74, 6) is -0.203. The quantitative estimate of drug-likeness (QED) is 0.653. The van der Waals surface area contributed by atoms with E-state index in [4.69, 9.17) is 0 Å². The number of esters is 1. The maximum atomic E-state index is 11.1. The van der Waals surface area contributed by atoms with Gasteiger partial charge in [-0.15, -0.1) is 0 Å². The average Bonchev–Trinajstić information content (AvgIpc) is 2.18. The summed E-state index contributed by atoms with van der Waals surface area (Å²) in [4.78, 5) is 11.1. The number of carbonyl (C=O) groups excluding carboxylic acids is 1. The van der Waals surface area contributed by atoms with Crippen molar-refractivity contribution in [3.8, 4) is 0 Å². The Morgan fingerprint density at radius 3 is 2.54 bits per heavy atom. The Balaban J connectivity index is 2.25. The van der Waals surface area contributed by atoms with E-state index in [1.54, 1.807) is 0 Å². The van der Waals surface area contributed by atoms with Gasteiger partial charge in [0.15, 0.2) is 0 Å². The summed E-state index contributed by atoms with van der Waals surface area (Å²) in [6.07, 6.45) is 3.71. The lowest BCUT2D eigenvalue weighted by Crippen LogP contribution is -2.49. The molecule has 0 aromatic carbocycles. The van der Waals surface area contributed by atoms with Gasteiger partial charge in [-0.25, -0.2) is 10.4 Å². The first-order valence-corrected chi connectivity index (χ1v) is 4.83. The summed E-state index contributed by atoms with van der Waals surface area (Å²) in [7, 11) is 1.41. The van der Waals surface area contributed by atoms with Gasteiger partial charge in [-0.3, -0.25) is 4.79 Å². The van der Waals surface area contributed by atoms with Crippen LogP contribution in [0.4, 0.5) is 0 Å². The molecule has 1 aliphatic rings. The van der Waals surface area contributed by atoms with E-state index in [0.717, 1.165) is 13.1 Å². The Morgan fingerprint density at radius 2 is 2.00 bits per heavy atom. The van der Waals surface area contributed by atoms with Gasteiger partial charge in [0.25, 0.3) is 0 Å². The summed E-state index contributed by atoms with van der Waals surface area (Å²) in [6, 6.07) is -0.233. The van der Waals surface area contributed by atoms with E-state index in [9.17, 15) is 4.79 Å². The molecule has 1 rings (SSSR count). The standard InChI is InChI=1S/C9H18N2O2/c1-8(9(12)13-2)10-11-6-4-3-5-7-11/h8,10H,3-7H2,1-2H3/t8-/m0/s1. The first-order chi connectivity index (χ1) is 6.24. The minimum atomic E-state index is -0.233. The molecule has 1 atom stereocenters. The molecule has 0 amide bonds. The van der Waals surface area contributed by atoms with Crippen molar-refractivity contribution >= 4 is 5.97 Å². The van der Waals surface area contributed by atoms with Crippen LogP contribution in [0.5, 0.6) is 0 Å². The van der Waals surface area contributed by atoms with Crippen molar-refractivity contribution in [2.75, 3.05) is 20.2 Å². The van der Waals surface area contributed by atoms with E-state index >= 15 is 0 Å². The van der Waals surface area contributed by atoms with Crippen LogP contribution in [0.3, 0.4) is 0 Å². The number of nitrogens with zero attached hydrogens (tertiary/aromatic N) is 1. The molecule has 1 fully saturated rings. The molecule has 1 N–H and O–H groups in total.